The average molecular weight is 245 g/mol. The third-order valence-electron chi connectivity index (χ3n) is 1.80. The van der Waals surface area contributed by atoms with Crippen molar-refractivity contribution >= 4 is 33.0 Å². The van der Waals surface area contributed by atoms with Crippen molar-refractivity contribution in [2.24, 2.45) is 10.9 Å². The molecule has 82 valence electrons. The molecule has 5 N–H and O–H groups in total. The van der Waals surface area contributed by atoms with Gasteiger partial charge in [0.05, 0.1) is 4.90 Å². The van der Waals surface area contributed by atoms with E-state index < -0.39 is 10.0 Å². The Hall–Kier alpha value is -1.18. The third kappa shape index (κ3) is 3.15. The summed E-state index contributed by atoms with van der Waals surface area (Å²) >= 11 is 4.66. The molecule has 0 atom stereocenters. The Morgan fingerprint density at radius 2 is 2.07 bits per heavy atom. The highest BCUT2D eigenvalue weighted by atomic mass is 32.2. The molecule has 0 saturated carbocycles. The van der Waals surface area contributed by atoms with Crippen molar-refractivity contribution in [3.05, 3.63) is 23.8 Å². The Kier molecular flexibility index (Phi) is 3.28. The highest BCUT2D eigenvalue weighted by Gasteiger charge is 2.09. The van der Waals surface area contributed by atoms with E-state index in [4.69, 9.17) is 10.9 Å². The number of nitrogens with two attached hydrogens (primary N) is 2. The predicted octanol–water partition coefficient (Wildman–Crippen LogP) is 0.298. The van der Waals surface area contributed by atoms with E-state index in [1.807, 2.05) is 0 Å². The number of benzene rings is 1. The van der Waals surface area contributed by atoms with Gasteiger partial charge >= 0.3 is 0 Å². The lowest BCUT2D eigenvalue weighted by Gasteiger charge is -2.08. The van der Waals surface area contributed by atoms with Crippen LogP contribution in [0.5, 0.6) is 0 Å². The summed E-state index contributed by atoms with van der Waals surface area (Å²) in [6.07, 6.45) is 0. The lowest BCUT2D eigenvalue weighted by Crippen LogP contribution is -2.20. The number of primary sulfonamides is 1. The van der Waals surface area contributed by atoms with Gasteiger partial charge in [-0.2, -0.15) is 0 Å². The summed E-state index contributed by atoms with van der Waals surface area (Å²) in [5.41, 5.74) is 6.66. The SMILES string of the molecule is Cc1ccc(S(N)(=O)=O)cc1NC(N)=S. The lowest BCUT2D eigenvalue weighted by molar-refractivity contribution is 0.598. The number of thiocarbonyl (C=S) groups is 1. The fourth-order valence-corrected chi connectivity index (χ4v) is 1.70. The van der Waals surface area contributed by atoms with E-state index in [0.717, 1.165) is 5.56 Å². The van der Waals surface area contributed by atoms with E-state index in [1.54, 1.807) is 13.0 Å². The van der Waals surface area contributed by atoms with Crippen molar-refractivity contribution in [3.63, 3.8) is 0 Å². The topological polar surface area (TPSA) is 98.2 Å². The maximum absolute atomic E-state index is 11.1. The van der Waals surface area contributed by atoms with Crippen LogP contribution >= 0.6 is 12.2 Å². The molecule has 0 saturated heterocycles. The van der Waals surface area contributed by atoms with Crippen molar-refractivity contribution in [1.29, 1.82) is 0 Å². The number of nitrogens with one attached hydrogen (secondary N) is 1. The van der Waals surface area contributed by atoms with Crippen molar-refractivity contribution in [2.75, 3.05) is 5.32 Å². The van der Waals surface area contributed by atoms with Gasteiger partial charge in [-0.15, -0.1) is 0 Å². The Bertz CT molecular complexity index is 497. The zero-order valence-corrected chi connectivity index (χ0v) is 9.65. The van der Waals surface area contributed by atoms with Gasteiger partial charge in [-0.1, -0.05) is 6.07 Å². The van der Waals surface area contributed by atoms with Crippen molar-refractivity contribution in [3.8, 4) is 0 Å². The van der Waals surface area contributed by atoms with Crippen LogP contribution < -0.4 is 16.2 Å². The number of anilines is 1. The van der Waals surface area contributed by atoms with E-state index in [9.17, 15) is 8.42 Å². The number of hydrogen-bond acceptors (Lipinski definition) is 3. The summed E-state index contributed by atoms with van der Waals surface area (Å²) in [5, 5.41) is 7.74. The molecule has 0 amide bonds. The summed E-state index contributed by atoms with van der Waals surface area (Å²) in [6.45, 7) is 1.80. The van der Waals surface area contributed by atoms with Gasteiger partial charge in [0.15, 0.2) is 5.11 Å². The Balaban J connectivity index is 3.23. The summed E-state index contributed by atoms with van der Waals surface area (Å²) in [4.78, 5) is 0.0202. The summed E-state index contributed by atoms with van der Waals surface area (Å²) in [6, 6.07) is 4.44. The fourth-order valence-electron chi connectivity index (χ4n) is 1.05. The molecule has 0 aliphatic carbocycles. The van der Waals surface area contributed by atoms with Gasteiger partial charge in [0.1, 0.15) is 0 Å². The number of rotatable bonds is 2. The predicted molar refractivity (Wildman–Crippen MR) is 63.0 cm³/mol. The highest BCUT2D eigenvalue weighted by Crippen LogP contribution is 2.18. The van der Waals surface area contributed by atoms with Crippen LogP contribution in [0.4, 0.5) is 5.69 Å². The van der Waals surface area contributed by atoms with Crippen molar-refractivity contribution in [1.82, 2.24) is 0 Å². The van der Waals surface area contributed by atoms with E-state index in [0.29, 0.717) is 5.69 Å². The quantitative estimate of drug-likeness (QED) is 0.651. The van der Waals surface area contributed by atoms with Gasteiger partial charge < -0.3 is 11.1 Å². The first kappa shape index (κ1) is 11.9. The molecule has 0 radical (unpaired) electrons. The molecular weight excluding hydrogens is 234 g/mol. The molecule has 0 fully saturated rings. The first-order valence-electron chi connectivity index (χ1n) is 4.00. The largest absolute Gasteiger partial charge is 0.376 e. The molecule has 0 spiro atoms. The second kappa shape index (κ2) is 4.13. The molecule has 0 bridgehead atoms. The standard InChI is InChI=1S/C8H11N3O2S2/c1-5-2-3-6(15(10,12)13)4-7(5)11-8(9)14/h2-4H,1H3,(H3,9,11,14)(H2,10,12,13). The second-order valence-corrected chi connectivity index (χ2v) is 5.01. The maximum atomic E-state index is 11.1. The van der Waals surface area contributed by atoms with Gasteiger partial charge in [0, 0.05) is 5.69 Å². The molecule has 0 aliphatic heterocycles. The molecule has 1 aromatic rings. The maximum Gasteiger partial charge on any atom is 0.238 e. The third-order valence-corrected chi connectivity index (χ3v) is 2.81. The minimum absolute atomic E-state index is 0.0202. The van der Waals surface area contributed by atoms with Crippen molar-refractivity contribution in [2.45, 2.75) is 11.8 Å². The lowest BCUT2D eigenvalue weighted by atomic mass is 10.2. The zero-order chi connectivity index (χ0) is 11.6. The second-order valence-electron chi connectivity index (χ2n) is 3.01. The molecular formula is C8H11N3O2S2. The molecule has 1 rings (SSSR count). The van der Waals surface area contributed by atoms with Crippen LogP contribution in [0, 0.1) is 6.92 Å². The molecule has 7 heteroatoms. The van der Waals surface area contributed by atoms with E-state index in [1.165, 1.54) is 12.1 Å². The van der Waals surface area contributed by atoms with Crippen LogP contribution in [0.1, 0.15) is 5.56 Å². The summed E-state index contributed by atoms with van der Waals surface area (Å²) < 4.78 is 22.1. The van der Waals surface area contributed by atoms with Crippen LogP contribution in [0.15, 0.2) is 23.1 Å². The van der Waals surface area contributed by atoms with Crippen LogP contribution in [0.2, 0.25) is 0 Å². The smallest absolute Gasteiger partial charge is 0.238 e. The fraction of sp³-hybridized carbons (Fsp3) is 0.125. The monoisotopic (exact) mass is 245 g/mol. The van der Waals surface area contributed by atoms with Crippen LogP contribution in [-0.4, -0.2) is 13.5 Å². The van der Waals surface area contributed by atoms with E-state index >= 15 is 0 Å². The molecule has 0 aliphatic rings. The molecule has 0 aromatic heterocycles. The first-order valence-corrected chi connectivity index (χ1v) is 5.96. The Labute approximate surface area is 93.5 Å². The normalized spacial score (nSPS) is 11.1. The number of sulfonamides is 1. The highest BCUT2D eigenvalue weighted by molar-refractivity contribution is 7.89. The molecule has 0 heterocycles. The van der Waals surface area contributed by atoms with E-state index in [2.05, 4.69) is 17.5 Å². The molecule has 15 heavy (non-hydrogen) atoms. The van der Waals surface area contributed by atoms with E-state index in [-0.39, 0.29) is 10.0 Å². The minimum Gasteiger partial charge on any atom is -0.376 e. The van der Waals surface area contributed by atoms with Gasteiger partial charge in [-0.25, -0.2) is 13.6 Å². The molecule has 5 nitrogen and oxygen atoms in total. The summed E-state index contributed by atoms with van der Waals surface area (Å²) in [5.74, 6) is 0. The number of hydrogen-bond donors (Lipinski definition) is 3. The Morgan fingerprint density at radius 1 is 1.47 bits per heavy atom. The molecule has 1 aromatic carbocycles. The van der Waals surface area contributed by atoms with Gasteiger partial charge in [-0.05, 0) is 36.8 Å². The van der Waals surface area contributed by atoms with Crippen LogP contribution in [0.3, 0.4) is 0 Å². The zero-order valence-electron chi connectivity index (χ0n) is 8.02. The van der Waals surface area contributed by atoms with Gasteiger partial charge in [-0.3, -0.25) is 0 Å². The number of aryl methyl sites for hydroxylation is 1. The average Bonchev–Trinajstić information content (AvgIpc) is 2.06. The van der Waals surface area contributed by atoms with Crippen LogP contribution in [0.25, 0.3) is 0 Å². The Morgan fingerprint density at radius 3 is 2.53 bits per heavy atom. The molecule has 0 unspecified atom stereocenters. The van der Waals surface area contributed by atoms with Gasteiger partial charge in [0.25, 0.3) is 0 Å². The van der Waals surface area contributed by atoms with Gasteiger partial charge in [0.2, 0.25) is 10.0 Å². The first-order chi connectivity index (χ1) is 6.80. The summed E-state index contributed by atoms with van der Waals surface area (Å²) in [7, 11) is -3.70. The van der Waals surface area contributed by atoms with Crippen LogP contribution in [-0.2, 0) is 10.0 Å². The van der Waals surface area contributed by atoms with Crippen molar-refractivity contribution < 1.29 is 8.42 Å². The minimum atomic E-state index is -3.70.